The van der Waals surface area contributed by atoms with E-state index >= 15 is 0 Å². The molecule has 0 unspecified atom stereocenters. The van der Waals surface area contributed by atoms with Crippen LogP contribution in [-0.4, -0.2) is 44.9 Å². The Bertz CT molecular complexity index is 629. The summed E-state index contributed by atoms with van der Waals surface area (Å²) >= 11 is 0. The maximum absolute atomic E-state index is 13.1. The van der Waals surface area contributed by atoms with E-state index in [-0.39, 0.29) is 11.4 Å². The van der Waals surface area contributed by atoms with E-state index < -0.39 is 22.0 Å². The van der Waals surface area contributed by atoms with Crippen LogP contribution in [0.4, 0.5) is 0 Å². The van der Waals surface area contributed by atoms with E-state index in [1.54, 1.807) is 24.3 Å². The van der Waals surface area contributed by atoms with E-state index in [1.165, 1.54) is 11.4 Å². The van der Waals surface area contributed by atoms with Crippen LogP contribution in [-0.2, 0) is 19.6 Å². The minimum atomic E-state index is -3.78. The topological polar surface area (TPSA) is 89.7 Å². The van der Waals surface area contributed by atoms with E-state index in [0.29, 0.717) is 25.8 Å². The van der Waals surface area contributed by atoms with Gasteiger partial charge in [0.1, 0.15) is 6.04 Å². The van der Waals surface area contributed by atoms with Crippen molar-refractivity contribution in [2.75, 3.05) is 20.2 Å². The van der Waals surface area contributed by atoms with Crippen LogP contribution >= 0.6 is 0 Å². The molecule has 2 N–H and O–H groups in total. The van der Waals surface area contributed by atoms with Crippen LogP contribution in [0.25, 0.3) is 0 Å². The Hall–Kier alpha value is -1.44. The van der Waals surface area contributed by atoms with Crippen molar-refractivity contribution in [3.8, 4) is 0 Å². The number of benzene rings is 1. The molecule has 0 aliphatic carbocycles. The predicted octanol–water partition coefficient (Wildman–Crippen LogP) is 2.46. The predicted molar refractivity (Wildman–Crippen MR) is 98.7 cm³/mol. The van der Waals surface area contributed by atoms with Crippen LogP contribution < -0.4 is 5.73 Å². The third kappa shape index (κ3) is 6.09. The van der Waals surface area contributed by atoms with E-state index in [0.717, 1.165) is 18.4 Å². The van der Waals surface area contributed by atoms with Gasteiger partial charge in [0, 0.05) is 6.54 Å². The number of nitrogens with zero attached hydrogens (tertiary/aromatic N) is 1. The van der Waals surface area contributed by atoms with Gasteiger partial charge in [0.05, 0.1) is 12.0 Å². The summed E-state index contributed by atoms with van der Waals surface area (Å²) in [5.41, 5.74) is 6.50. The summed E-state index contributed by atoms with van der Waals surface area (Å²) in [6.07, 6.45) is 3.31. The van der Waals surface area contributed by atoms with E-state index in [2.05, 4.69) is 0 Å². The van der Waals surface area contributed by atoms with Gasteiger partial charge in [-0.1, -0.05) is 31.0 Å². The summed E-state index contributed by atoms with van der Waals surface area (Å²) in [6, 6.07) is 5.85. The first-order chi connectivity index (χ1) is 11.9. The molecule has 0 radical (unpaired) electrons. The van der Waals surface area contributed by atoms with Gasteiger partial charge < -0.3 is 10.5 Å². The number of hydrogen-bond acceptors (Lipinski definition) is 5. The molecule has 0 aromatic heterocycles. The Balaban J connectivity index is 3.21. The summed E-state index contributed by atoms with van der Waals surface area (Å²) in [7, 11) is -2.49. The monoisotopic (exact) mass is 370 g/mol. The first-order valence-electron chi connectivity index (χ1n) is 8.74. The largest absolute Gasteiger partial charge is 0.468 e. The molecule has 0 saturated heterocycles. The van der Waals surface area contributed by atoms with E-state index in [1.807, 2.05) is 13.8 Å². The van der Waals surface area contributed by atoms with Gasteiger partial charge in [-0.05, 0) is 51.3 Å². The van der Waals surface area contributed by atoms with Crippen LogP contribution in [0.1, 0.15) is 44.6 Å². The lowest BCUT2D eigenvalue weighted by atomic mass is 10.1. The molecule has 142 valence electrons. The highest BCUT2D eigenvalue weighted by molar-refractivity contribution is 7.89. The zero-order valence-corrected chi connectivity index (χ0v) is 16.2. The van der Waals surface area contributed by atoms with Crippen LogP contribution in [0.5, 0.6) is 0 Å². The number of nitrogens with two attached hydrogens (primary N) is 1. The molecule has 0 saturated carbocycles. The number of hydrogen-bond donors (Lipinski definition) is 1. The van der Waals surface area contributed by atoms with Gasteiger partial charge in [-0.15, -0.1) is 0 Å². The molecule has 1 aromatic carbocycles. The van der Waals surface area contributed by atoms with Crippen molar-refractivity contribution in [2.24, 2.45) is 5.73 Å². The van der Waals surface area contributed by atoms with Gasteiger partial charge in [0.15, 0.2) is 0 Å². The van der Waals surface area contributed by atoms with Crippen molar-refractivity contribution in [1.82, 2.24) is 4.31 Å². The Morgan fingerprint density at radius 2 is 1.84 bits per heavy atom. The third-order valence-electron chi connectivity index (χ3n) is 4.11. The maximum atomic E-state index is 13.1. The van der Waals surface area contributed by atoms with Gasteiger partial charge in [-0.2, -0.15) is 4.31 Å². The molecule has 25 heavy (non-hydrogen) atoms. The second-order valence-corrected chi connectivity index (χ2v) is 8.00. The smallest absolute Gasteiger partial charge is 0.324 e. The molecule has 0 spiro atoms. The molecule has 0 bridgehead atoms. The van der Waals surface area contributed by atoms with Crippen LogP contribution in [0.2, 0.25) is 0 Å². The first-order valence-corrected chi connectivity index (χ1v) is 10.2. The van der Waals surface area contributed by atoms with Gasteiger partial charge >= 0.3 is 5.97 Å². The van der Waals surface area contributed by atoms with Gasteiger partial charge in [-0.25, -0.2) is 8.42 Å². The highest BCUT2D eigenvalue weighted by Gasteiger charge is 2.35. The minimum absolute atomic E-state index is 0.196. The van der Waals surface area contributed by atoms with Gasteiger partial charge in [0.2, 0.25) is 10.0 Å². The second-order valence-electron chi connectivity index (χ2n) is 6.11. The number of ether oxygens (including phenoxy) is 1. The van der Waals surface area contributed by atoms with Crippen molar-refractivity contribution in [3.63, 3.8) is 0 Å². The zero-order valence-electron chi connectivity index (χ0n) is 15.4. The fraction of sp³-hybridized carbons (Fsp3) is 0.611. The average molecular weight is 371 g/mol. The van der Waals surface area contributed by atoms with E-state index in [4.69, 9.17) is 10.5 Å². The maximum Gasteiger partial charge on any atom is 0.324 e. The van der Waals surface area contributed by atoms with Gasteiger partial charge in [-0.3, -0.25) is 4.79 Å². The number of carbonyl (C=O) groups excluding carboxylic acids is 1. The molecular weight excluding hydrogens is 340 g/mol. The fourth-order valence-electron chi connectivity index (χ4n) is 2.60. The summed E-state index contributed by atoms with van der Waals surface area (Å²) < 4.78 is 32.4. The van der Waals surface area contributed by atoms with Crippen molar-refractivity contribution in [1.29, 1.82) is 0 Å². The lowest BCUT2D eigenvalue weighted by molar-refractivity contribution is -0.145. The molecule has 7 heteroatoms. The molecule has 0 aliphatic rings. The number of sulfonamides is 1. The summed E-state index contributed by atoms with van der Waals surface area (Å²) in [6.45, 7) is 4.68. The number of aryl methyl sites for hydroxylation is 1. The van der Waals surface area contributed by atoms with Crippen molar-refractivity contribution >= 4 is 16.0 Å². The molecule has 0 aliphatic heterocycles. The molecule has 1 aromatic rings. The molecular formula is C18H30N2O4S. The number of unbranched alkanes of at least 4 members (excludes halogenated alkanes) is 2. The van der Waals surface area contributed by atoms with E-state index in [9.17, 15) is 13.2 Å². The molecule has 6 nitrogen and oxygen atoms in total. The summed E-state index contributed by atoms with van der Waals surface area (Å²) in [5, 5.41) is 0. The SMILES string of the molecule is CCCCN([C@@H](CCCCN)C(=O)OC)S(=O)(=O)c1ccc(C)cc1. The standard InChI is InChI=1S/C18H30N2O4S/c1-4-5-14-20(17(18(21)24-3)8-6-7-13-19)25(22,23)16-11-9-15(2)10-12-16/h9-12,17H,4-8,13-14,19H2,1-3H3/t17-/m0/s1. The first kappa shape index (κ1) is 21.6. The lowest BCUT2D eigenvalue weighted by Crippen LogP contribution is -2.46. The molecule has 0 heterocycles. The van der Waals surface area contributed by atoms with Crippen LogP contribution in [0.3, 0.4) is 0 Å². The summed E-state index contributed by atoms with van der Waals surface area (Å²) in [4.78, 5) is 12.5. The normalized spacial score (nSPS) is 13.0. The number of methoxy groups -OCH3 is 1. The Morgan fingerprint density at radius 1 is 1.20 bits per heavy atom. The third-order valence-corrected chi connectivity index (χ3v) is 6.03. The van der Waals surface area contributed by atoms with Crippen LogP contribution in [0.15, 0.2) is 29.2 Å². The summed E-state index contributed by atoms with van der Waals surface area (Å²) in [5.74, 6) is -0.524. The average Bonchev–Trinajstić information content (AvgIpc) is 2.60. The zero-order chi connectivity index (χ0) is 18.9. The Labute approximate surface area is 151 Å². The van der Waals surface area contributed by atoms with Crippen LogP contribution in [0, 0.1) is 6.92 Å². The lowest BCUT2D eigenvalue weighted by Gasteiger charge is -2.29. The minimum Gasteiger partial charge on any atom is -0.468 e. The highest BCUT2D eigenvalue weighted by atomic mass is 32.2. The van der Waals surface area contributed by atoms with Gasteiger partial charge in [0.25, 0.3) is 0 Å². The number of rotatable bonds is 11. The molecule has 1 rings (SSSR count). The number of carbonyl (C=O) groups is 1. The fourth-order valence-corrected chi connectivity index (χ4v) is 4.25. The molecule has 0 amide bonds. The quantitative estimate of drug-likeness (QED) is 0.477. The second kappa shape index (κ2) is 10.5. The van der Waals surface area contributed by atoms with Crippen molar-refractivity contribution < 1.29 is 17.9 Å². The molecule has 1 atom stereocenters. The Morgan fingerprint density at radius 3 is 2.36 bits per heavy atom. The Kier molecular flexibility index (Phi) is 9.10. The number of esters is 1. The van der Waals surface area contributed by atoms with Crippen molar-refractivity contribution in [3.05, 3.63) is 29.8 Å². The highest BCUT2D eigenvalue weighted by Crippen LogP contribution is 2.23. The molecule has 0 fully saturated rings. The van der Waals surface area contributed by atoms with Crippen molar-refractivity contribution in [2.45, 2.75) is 56.9 Å².